The highest BCUT2D eigenvalue weighted by molar-refractivity contribution is 5.93. The normalized spacial score (nSPS) is 12.7. The molecular weight excluding hydrogens is 352 g/mol. The van der Waals surface area contributed by atoms with Crippen molar-refractivity contribution < 1.29 is 22.4 Å². The fourth-order valence-corrected chi connectivity index (χ4v) is 2.49. The van der Waals surface area contributed by atoms with E-state index in [2.05, 4.69) is 15.4 Å². The Balaban J connectivity index is 1.93. The third-order valence-electron chi connectivity index (χ3n) is 3.80. The smallest absolute Gasteiger partial charge is 0.280 e. The molecule has 1 atom stereocenters. The van der Waals surface area contributed by atoms with Crippen LogP contribution in [0.15, 0.2) is 42.5 Å². The van der Waals surface area contributed by atoms with Crippen molar-refractivity contribution in [3.63, 3.8) is 0 Å². The molecule has 1 aromatic carbocycles. The molecule has 2 heterocycles. The lowest BCUT2D eigenvalue weighted by atomic mass is 10.1. The van der Waals surface area contributed by atoms with Crippen LogP contribution in [0, 0.1) is 0 Å². The molecule has 2 aromatic heterocycles. The Kier molecular flexibility index (Phi) is 4.88. The zero-order valence-corrected chi connectivity index (χ0v) is 13.5. The van der Waals surface area contributed by atoms with E-state index in [1.165, 1.54) is 0 Å². The predicted molar refractivity (Wildman–Crippen MR) is 85.2 cm³/mol. The quantitative estimate of drug-likeness (QED) is 0.692. The number of rotatable bonds is 5. The van der Waals surface area contributed by atoms with Crippen molar-refractivity contribution >= 4 is 11.6 Å². The molecule has 26 heavy (non-hydrogen) atoms. The first-order chi connectivity index (χ1) is 12.4. The van der Waals surface area contributed by atoms with Gasteiger partial charge >= 0.3 is 0 Å². The van der Waals surface area contributed by atoms with E-state index in [0.717, 1.165) is 11.6 Å². The second kappa shape index (κ2) is 7.11. The first-order valence-corrected chi connectivity index (χ1v) is 7.69. The second-order valence-corrected chi connectivity index (χ2v) is 5.61. The number of alkyl halides is 4. The Hall–Kier alpha value is -2.97. The molecule has 0 saturated heterocycles. The highest BCUT2D eigenvalue weighted by Gasteiger charge is 2.22. The summed E-state index contributed by atoms with van der Waals surface area (Å²) in [6.07, 6.45) is -6.06. The van der Waals surface area contributed by atoms with Crippen molar-refractivity contribution in [1.29, 1.82) is 0 Å². The van der Waals surface area contributed by atoms with Crippen molar-refractivity contribution in [2.75, 3.05) is 0 Å². The monoisotopic (exact) mass is 366 g/mol. The standard InChI is InChI=1S/C17H14F4N4O/c1-9(10-5-3-2-4-6-10)22-17(26)12-8-14-23-11(15(18)19)7-13(16(20)21)25(14)24-12/h2-9,15-16H,1H3,(H,22,26). The summed E-state index contributed by atoms with van der Waals surface area (Å²) in [6.45, 7) is 1.75. The number of fused-ring (bicyclic) bond motifs is 1. The summed E-state index contributed by atoms with van der Waals surface area (Å²) >= 11 is 0. The SMILES string of the molecule is CC(NC(=O)c1cc2nc(C(F)F)cc(C(F)F)n2n1)c1ccccc1. The number of carbonyl (C=O) groups excluding carboxylic acids is 1. The minimum absolute atomic E-state index is 0.186. The molecule has 136 valence electrons. The Morgan fingerprint density at radius 2 is 1.77 bits per heavy atom. The number of benzene rings is 1. The third-order valence-corrected chi connectivity index (χ3v) is 3.80. The van der Waals surface area contributed by atoms with Crippen molar-refractivity contribution in [3.8, 4) is 0 Å². The van der Waals surface area contributed by atoms with E-state index < -0.39 is 30.1 Å². The molecule has 3 aromatic rings. The van der Waals surface area contributed by atoms with Gasteiger partial charge in [-0.15, -0.1) is 0 Å². The minimum atomic E-state index is -3.04. The predicted octanol–water partition coefficient (Wildman–Crippen LogP) is 4.10. The molecule has 1 N–H and O–H groups in total. The Bertz CT molecular complexity index is 927. The average Bonchev–Trinajstić information content (AvgIpc) is 3.05. The van der Waals surface area contributed by atoms with Gasteiger partial charge in [-0.3, -0.25) is 4.79 Å². The lowest BCUT2D eigenvalue weighted by Gasteiger charge is -2.13. The first-order valence-electron chi connectivity index (χ1n) is 7.69. The number of amides is 1. The molecule has 1 amide bonds. The van der Waals surface area contributed by atoms with Gasteiger partial charge in [0.2, 0.25) is 0 Å². The van der Waals surface area contributed by atoms with E-state index in [1.54, 1.807) is 6.92 Å². The summed E-state index contributed by atoms with van der Waals surface area (Å²) in [6, 6.07) is 10.4. The maximum Gasteiger partial charge on any atom is 0.280 e. The molecule has 9 heteroatoms. The molecule has 0 saturated carbocycles. The van der Waals surface area contributed by atoms with Gasteiger partial charge in [-0.25, -0.2) is 27.1 Å². The highest BCUT2D eigenvalue weighted by atomic mass is 19.3. The summed E-state index contributed by atoms with van der Waals surface area (Å²) in [5, 5.41) is 6.48. The molecule has 0 aliphatic heterocycles. The first kappa shape index (κ1) is 17.8. The van der Waals surface area contributed by atoms with Crippen LogP contribution in [0.5, 0.6) is 0 Å². The Morgan fingerprint density at radius 1 is 1.08 bits per heavy atom. The zero-order chi connectivity index (χ0) is 18.8. The van der Waals surface area contributed by atoms with Crippen LogP contribution in [-0.4, -0.2) is 20.5 Å². The van der Waals surface area contributed by atoms with E-state index >= 15 is 0 Å². The van der Waals surface area contributed by atoms with Crippen LogP contribution in [0.1, 0.15) is 53.3 Å². The van der Waals surface area contributed by atoms with Crippen LogP contribution in [0.25, 0.3) is 5.65 Å². The molecule has 0 spiro atoms. The molecule has 0 radical (unpaired) electrons. The van der Waals surface area contributed by atoms with Gasteiger partial charge in [0.05, 0.1) is 6.04 Å². The lowest BCUT2D eigenvalue weighted by Crippen LogP contribution is -2.27. The number of nitrogens with one attached hydrogen (secondary N) is 1. The van der Waals surface area contributed by atoms with Crippen molar-refractivity contribution in [1.82, 2.24) is 19.9 Å². The van der Waals surface area contributed by atoms with Gasteiger partial charge in [-0.1, -0.05) is 30.3 Å². The zero-order valence-electron chi connectivity index (χ0n) is 13.5. The summed E-state index contributed by atoms with van der Waals surface area (Å²) in [4.78, 5) is 15.9. The van der Waals surface area contributed by atoms with E-state index in [4.69, 9.17) is 0 Å². The molecule has 0 fully saturated rings. The number of carbonyl (C=O) groups is 1. The molecule has 1 unspecified atom stereocenters. The number of halogens is 4. The van der Waals surface area contributed by atoms with Crippen LogP contribution < -0.4 is 5.32 Å². The van der Waals surface area contributed by atoms with Crippen LogP contribution in [0.2, 0.25) is 0 Å². The lowest BCUT2D eigenvalue weighted by molar-refractivity contribution is 0.0933. The molecule has 0 aliphatic carbocycles. The number of hydrogen-bond acceptors (Lipinski definition) is 3. The van der Waals surface area contributed by atoms with Gasteiger partial charge in [0.1, 0.15) is 11.4 Å². The maximum absolute atomic E-state index is 13.1. The summed E-state index contributed by atoms with van der Waals surface area (Å²) in [5.41, 5.74) is -1.13. The van der Waals surface area contributed by atoms with E-state index in [0.29, 0.717) is 10.6 Å². The molecule has 0 bridgehead atoms. The second-order valence-electron chi connectivity index (χ2n) is 5.61. The topological polar surface area (TPSA) is 59.3 Å². The molecule has 0 aliphatic rings. The van der Waals surface area contributed by atoms with Gasteiger partial charge < -0.3 is 5.32 Å². The van der Waals surface area contributed by atoms with Crippen molar-refractivity contribution in [2.24, 2.45) is 0 Å². The molecular formula is C17H14F4N4O. The van der Waals surface area contributed by atoms with Crippen LogP contribution in [0.3, 0.4) is 0 Å². The molecule has 3 rings (SSSR count). The fourth-order valence-electron chi connectivity index (χ4n) is 2.49. The van der Waals surface area contributed by atoms with E-state index in [-0.39, 0.29) is 17.4 Å². The van der Waals surface area contributed by atoms with Crippen LogP contribution in [-0.2, 0) is 0 Å². The Labute approximate surface area is 145 Å². The van der Waals surface area contributed by atoms with Crippen molar-refractivity contribution in [3.05, 3.63) is 65.1 Å². The van der Waals surface area contributed by atoms with Gasteiger partial charge in [-0.2, -0.15) is 5.10 Å². The van der Waals surface area contributed by atoms with Gasteiger partial charge in [0.25, 0.3) is 18.8 Å². The van der Waals surface area contributed by atoms with E-state index in [9.17, 15) is 22.4 Å². The number of aromatic nitrogens is 3. The number of hydrogen-bond donors (Lipinski definition) is 1. The van der Waals surface area contributed by atoms with E-state index in [1.807, 2.05) is 30.3 Å². The fraction of sp³-hybridized carbons (Fsp3) is 0.235. The van der Waals surface area contributed by atoms with Crippen molar-refractivity contribution in [2.45, 2.75) is 25.8 Å². The summed E-state index contributed by atoms with van der Waals surface area (Å²) in [5.74, 6) is -0.620. The van der Waals surface area contributed by atoms with Gasteiger partial charge in [0.15, 0.2) is 11.3 Å². The highest BCUT2D eigenvalue weighted by Crippen LogP contribution is 2.25. The van der Waals surface area contributed by atoms with Crippen LogP contribution >= 0.6 is 0 Å². The average molecular weight is 366 g/mol. The number of nitrogens with zero attached hydrogens (tertiary/aromatic N) is 3. The third kappa shape index (κ3) is 3.51. The molecule has 5 nitrogen and oxygen atoms in total. The van der Waals surface area contributed by atoms with Gasteiger partial charge in [0, 0.05) is 6.07 Å². The maximum atomic E-state index is 13.1. The Morgan fingerprint density at radius 3 is 2.38 bits per heavy atom. The summed E-state index contributed by atoms with van der Waals surface area (Å²) < 4.78 is 52.7. The largest absolute Gasteiger partial charge is 0.344 e. The minimum Gasteiger partial charge on any atom is -0.344 e. The van der Waals surface area contributed by atoms with Gasteiger partial charge in [-0.05, 0) is 18.6 Å². The summed E-state index contributed by atoms with van der Waals surface area (Å²) in [7, 11) is 0. The van der Waals surface area contributed by atoms with Crippen LogP contribution in [0.4, 0.5) is 17.6 Å².